The minimum atomic E-state index is 0.195. The second-order valence-corrected chi connectivity index (χ2v) is 5.75. The van der Waals surface area contributed by atoms with E-state index in [0.29, 0.717) is 11.9 Å². The minimum Gasteiger partial charge on any atom is -0.338 e. The van der Waals surface area contributed by atoms with Crippen LogP contribution in [0.5, 0.6) is 0 Å². The van der Waals surface area contributed by atoms with Crippen LogP contribution in [0.2, 0.25) is 0 Å². The molecular formula is C13H17N3OS. The van der Waals surface area contributed by atoms with Crippen molar-refractivity contribution >= 4 is 11.3 Å². The maximum atomic E-state index is 5.30. The third kappa shape index (κ3) is 2.08. The predicted octanol–water partition coefficient (Wildman–Crippen LogP) is 3.34. The van der Waals surface area contributed by atoms with Crippen LogP contribution in [0.3, 0.4) is 0 Å². The van der Waals surface area contributed by atoms with E-state index in [9.17, 15) is 0 Å². The molecule has 2 aromatic heterocycles. The molecule has 1 saturated heterocycles. The summed E-state index contributed by atoms with van der Waals surface area (Å²) in [6.07, 6.45) is 2.46. The van der Waals surface area contributed by atoms with Crippen LogP contribution in [0.25, 0.3) is 0 Å². The van der Waals surface area contributed by atoms with E-state index in [1.165, 1.54) is 17.7 Å². The highest BCUT2D eigenvalue weighted by Gasteiger charge is 2.33. The van der Waals surface area contributed by atoms with Crippen LogP contribution < -0.4 is 0 Å². The van der Waals surface area contributed by atoms with E-state index in [1.807, 2.05) is 18.3 Å². The average Bonchev–Trinajstić information content (AvgIpc) is 3.08. The molecule has 0 aromatic carbocycles. The molecule has 3 heterocycles. The fourth-order valence-corrected chi connectivity index (χ4v) is 3.55. The summed E-state index contributed by atoms with van der Waals surface area (Å²) < 4.78 is 5.30. The summed E-state index contributed by atoms with van der Waals surface area (Å²) in [5.41, 5.74) is 0. The number of hydrogen-bond acceptors (Lipinski definition) is 5. The first-order chi connectivity index (χ1) is 8.75. The maximum Gasteiger partial charge on any atom is 0.243 e. The van der Waals surface area contributed by atoms with Gasteiger partial charge in [-0.15, -0.1) is 11.3 Å². The molecule has 3 rings (SSSR count). The Balaban J connectivity index is 1.82. The Morgan fingerprint density at radius 2 is 2.44 bits per heavy atom. The van der Waals surface area contributed by atoms with Gasteiger partial charge in [0.1, 0.15) is 0 Å². The number of aryl methyl sites for hydroxylation is 1. The Hall–Kier alpha value is -1.20. The Morgan fingerprint density at radius 3 is 3.11 bits per heavy atom. The molecule has 0 spiro atoms. The monoisotopic (exact) mass is 263 g/mol. The number of aromatic nitrogens is 2. The second-order valence-electron chi connectivity index (χ2n) is 4.77. The standard InChI is InChI=1S/C13H17N3OS/c1-9(13-14-10(2)15-17-13)16-7-3-5-11(16)12-6-4-8-18-12/h4,6,8-9,11H,3,5,7H2,1-2H3. The van der Waals surface area contributed by atoms with Gasteiger partial charge < -0.3 is 4.52 Å². The molecule has 4 nitrogen and oxygen atoms in total. The number of thiophene rings is 1. The Labute approximate surface area is 111 Å². The van der Waals surface area contributed by atoms with Gasteiger partial charge in [0.05, 0.1) is 6.04 Å². The van der Waals surface area contributed by atoms with Crippen molar-refractivity contribution in [3.05, 3.63) is 34.1 Å². The van der Waals surface area contributed by atoms with E-state index < -0.39 is 0 Å². The molecule has 0 amide bonds. The van der Waals surface area contributed by atoms with Crippen LogP contribution >= 0.6 is 11.3 Å². The third-order valence-corrected chi connectivity index (χ3v) is 4.54. The zero-order chi connectivity index (χ0) is 12.5. The molecule has 96 valence electrons. The van der Waals surface area contributed by atoms with Crippen molar-refractivity contribution < 1.29 is 4.52 Å². The molecule has 2 unspecified atom stereocenters. The van der Waals surface area contributed by atoms with Crippen LogP contribution in [0.4, 0.5) is 0 Å². The van der Waals surface area contributed by atoms with Crippen molar-refractivity contribution in [2.24, 2.45) is 0 Å². The van der Waals surface area contributed by atoms with Gasteiger partial charge in [-0.25, -0.2) is 0 Å². The molecule has 18 heavy (non-hydrogen) atoms. The van der Waals surface area contributed by atoms with Crippen LogP contribution in [0.1, 0.15) is 48.4 Å². The fraction of sp³-hybridized carbons (Fsp3) is 0.538. The summed E-state index contributed by atoms with van der Waals surface area (Å²) in [5.74, 6) is 1.44. The largest absolute Gasteiger partial charge is 0.338 e. The summed E-state index contributed by atoms with van der Waals surface area (Å²) in [6, 6.07) is 5.05. The van der Waals surface area contributed by atoms with Crippen LogP contribution in [0, 0.1) is 6.92 Å². The van der Waals surface area contributed by atoms with Gasteiger partial charge in [-0.2, -0.15) is 4.98 Å². The van der Waals surface area contributed by atoms with Gasteiger partial charge in [0.25, 0.3) is 0 Å². The molecule has 2 aromatic rings. The lowest BCUT2D eigenvalue weighted by molar-refractivity contribution is 0.161. The Bertz CT molecular complexity index is 508. The van der Waals surface area contributed by atoms with Crippen molar-refractivity contribution in [3.63, 3.8) is 0 Å². The first-order valence-corrected chi connectivity index (χ1v) is 7.23. The fourth-order valence-electron chi connectivity index (χ4n) is 2.66. The highest BCUT2D eigenvalue weighted by molar-refractivity contribution is 7.10. The van der Waals surface area contributed by atoms with E-state index in [4.69, 9.17) is 4.52 Å². The van der Waals surface area contributed by atoms with E-state index in [0.717, 1.165) is 12.4 Å². The number of nitrogens with zero attached hydrogens (tertiary/aromatic N) is 3. The summed E-state index contributed by atoms with van der Waals surface area (Å²) >= 11 is 1.83. The van der Waals surface area contributed by atoms with Crippen molar-refractivity contribution in [1.82, 2.24) is 15.0 Å². The third-order valence-electron chi connectivity index (χ3n) is 3.56. The molecule has 0 bridgehead atoms. The zero-order valence-corrected chi connectivity index (χ0v) is 11.5. The van der Waals surface area contributed by atoms with E-state index in [1.54, 1.807) is 0 Å². The highest BCUT2D eigenvalue weighted by Crippen LogP contribution is 2.39. The summed E-state index contributed by atoms with van der Waals surface area (Å²) in [6.45, 7) is 5.12. The van der Waals surface area contributed by atoms with E-state index >= 15 is 0 Å². The molecule has 1 aliphatic heterocycles. The van der Waals surface area contributed by atoms with Crippen molar-refractivity contribution in [3.8, 4) is 0 Å². The summed E-state index contributed by atoms with van der Waals surface area (Å²) in [7, 11) is 0. The second kappa shape index (κ2) is 4.82. The topological polar surface area (TPSA) is 42.2 Å². The molecular weight excluding hydrogens is 246 g/mol. The smallest absolute Gasteiger partial charge is 0.243 e. The number of rotatable bonds is 3. The van der Waals surface area contributed by atoms with Gasteiger partial charge in [-0.3, -0.25) is 4.90 Å². The van der Waals surface area contributed by atoms with Crippen molar-refractivity contribution in [2.45, 2.75) is 38.8 Å². The molecule has 5 heteroatoms. The van der Waals surface area contributed by atoms with Crippen molar-refractivity contribution in [2.75, 3.05) is 6.54 Å². The van der Waals surface area contributed by atoms with Gasteiger partial charge in [0.2, 0.25) is 5.89 Å². The average molecular weight is 263 g/mol. The van der Waals surface area contributed by atoms with Gasteiger partial charge in [0, 0.05) is 10.9 Å². The lowest BCUT2D eigenvalue weighted by Crippen LogP contribution is -2.26. The highest BCUT2D eigenvalue weighted by atomic mass is 32.1. The number of hydrogen-bond donors (Lipinski definition) is 0. The Kier molecular flexibility index (Phi) is 3.18. The van der Waals surface area contributed by atoms with Crippen LogP contribution in [-0.4, -0.2) is 21.6 Å². The summed E-state index contributed by atoms with van der Waals surface area (Å²) in [5, 5.41) is 6.03. The Morgan fingerprint density at radius 1 is 1.56 bits per heavy atom. The molecule has 2 atom stereocenters. The molecule has 1 fully saturated rings. The lowest BCUT2D eigenvalue weighted by Gasteiger charge is -2.27. The maximum absolute atomic E-state index is 5.30. The van der Waals surface area contributed by atoms with Gasteiger partial charge in [0.15, 0.2) is 5.82 Å². The van der Waals surface area contributed by atoms with Gasteiger partial charge >= 0.3 is 0 Å². The van der Waals surface area contributed by atoms with Crippen LogP contribution in [-0.2, 0) is 0 Å². The van der Waals surface area contributed by atoms with Crippen LogP contribution in [0.15, 0.2) is 22.0 Å². The predicted molar refractivity (Wildman–Crippen MR) is 70.5 cm³/mol. The molecule has 0 saturated carbocycles. The molecule has 0 radical (unpaired) electrons. The normalized spacial score (nSPS) is 22.4. The summed E-state index contributed by atoms with van der Waals surface area (Å²) in [4.78, 5) is 8.27. The molecule has 0 N–H and O–H groups in total. The first-order valence-electron chi connectivity index (χ1n) is 6.35. The van der Waals surface area contributed by atoms with E-state index in [2.05, 4.69) is 39.5 Å². The quantitative estimate of drug-likeness (QED) is 0.851. The minimum absolute atomic E-state index is 0.195. The van der Waals surface area contributed by atoms with Gasteiger partial charge in [-0.1, -0.05) is 11.2 Å². The van der Waals surface area contributed by atoms with Crippen molar-refractivity contribution in [1.29, 1.82) is 0 Å². The first kappa shape index (κ1) is 11.9. The number of likely N-dealkylation sites (tertiary alicyclic amines) is 1. The molecule has 0 aliphatic carbocycles. The lowest BCUT2D eigenvalue weighted by atomic mass is 10.1. The van der Waals surface area contributed by atoms with Gasteiger partial charge in [-0.05, 0) is 44.7 Å². The van der Waals surface area contributed by atoms with E-state index in [-0.39, 0.29) is 6.04 Å². The zero-order valence-electron chi connectivity index (χ0n) is 10.7. The SMILES string of the molecule is Cc1noc(C(C)N2CCCC2c2cccs2)n1. The molecule has 1 aliphatic rings.